The molecular weight excluding hydrogens is 488 g/mol. The van der Waals surface area contributed by atoms with Crippen LogP contribution in [0.3, 0.4) is 0 Å². The Labute approximate surface area is 187 Å². The van der Waals surface area contributed by atoms with Crippen LogP contribution in [0.15, 0.2) is 29.3 Å². The van der Waals surface area contributed by atoms with Crippen LogP contribution in [0.2, 0.25) is 0 Å². The maximum atomic E-state index is 13.1. The molecule has 0 amide bonds. The number of anilines is 1. The normalized spacial score (nSPS) is 10.9. The fourth-order valence-corrected chi connectivity index (χ4v) is 2.66. The van der Waals surface area contributed by atoms with E-state index in [9.17, 15) is 9.65 Å². The number of aromatic nitrogens is 2. The first-order chi connectivity index (χ1) is 13.6. The largest absolute Gasteiger partial charge is 0.385 e. The quantitative estimate of drug-likeness (QED) is 0.204. The number of ether oxygens (including phenoxy) is 1. The summed E-state index contributed by atoms with van der Waals surface area (Å²) in [5.41, 5.74) is 7.65. The first-order valence-corrected chi connectivity index (χ1v) is 9.07. The maximum Gasteiger partial charge on any atom is 0.190 e. The number of nitrogen functional groups attached to an aromatic ring is 1. The predicted molar refractivity (Wildman–Crippen MR) is 122 cm³/mol. The van der Waals surface area contributed by atoms with Crippen molar-refractivity contribution >= 4 is 35.8 Å². The van der Waals surface area contributed by atoms with Gasteiger partial charge in [-0.15, -0.1) is 24.0 Å². The lowest BCUT2D eigenvalue weighted by Crippen LogP contribution is -2.38. The lowest BCUT2D eigenvalue weighted by molar-refractivity contribution is 0.195. The summed E-state index contributed by atoms with van der Waals surface area (Å²) in [5, 5.41) is 20.3. The van der Waals surface area contributed by atoms with Crippen LogP contribution < -0.4 is 16.4 Å². The van der Waals surface area contributed by atoms with Crippen LogP contribution >= 0.6 is 24.0 Å². The third-order valence-corrected chi connectivity index (χ3v) is 4.10. The topological polar surface area (TPSA) is 113 Å². The lowest BCUT2D eigenvalue weighted by atomic mass is 10.1. The highest BCUT2D eigenvalue weighted by atomic mass is 127. The molecule has 10 heteroatoms. The molecule has 0 bridgehead atoms. The van der Waals surface area contributed by atoms with E-state index in [2.05, 4.69) is 26.8 Å². The highest BCUT2D eigenvalue weighted by Crippen LogP contribution is 2.21. The molecule has 4 N–H and O–H groups in total. The van der Waals surface area contributed by atoms with Gasteiger partial charge in [0.1, 0.15) is 23.3 Å². The first-order valence-electron chi connectivity index (χ1n) is 9.07. The van der Waals surface area contributed by atoms with Crippen LogP contribution in [0.5, 0.6) is 0 Å². The molecule has 0 aliphatic rings. The third kappa shape index (κ3) is 7.17. The van der Waals surface area contributed by atoms with Gasteiger partial charge in [0.2, 0.25) is 0 Å². The number of nitrogens with one attached hydrogen (secondary N) is 2. The minimum atomic E-state index is -0.342. The number of hydrogen-bond acceptors (Lipinski definition) is 5. The number of benzene rings is 1. The lowest BCUT2D eigenvalue weighted by Gasteiger charge is -2.11. The van der Waals surface area contributed by atoms with Crippen molar-refractivity contribution in [2.24, 2.45) is 4.99 Å². The van der Waals surface area contributed by atoms with Gasteiger partial charge in [-0.2, -0.15) is 10.4 Å². The number of methoxy groups -OCH3 is 1. The molecule has 1 heterocycles. The number of nitriles is 1. The molecule has 8 nitrogen and oxygen atoms in total. The Balaban J connectivity index is 0.00000420. The molecule has 0 atom stereocenters. The van der Waals surface area contributed by atoms with E-state index < -0.39 is 0 Å². The van der Waals surface area contributed by atoms with Crippen LogP contribution in [-0.2, 0) is 11.2 Å². The molecule has 1 aromatic carbocycles. The van der Waals surface area contributed by atoms with Gasteiger partial charge in [0.05, 0.1) is 11.4 Å². The summed E-state index contributed by atoms with van der Waals surface area (Å²) in [4.78, 5) is 4.16. The number of aliphatic imine (C=N–C) groups is 1. The van der Waals surface area contributed by atoms with E-state index in [1.54, 1.807) is 26.3 Å². The van der Waals surface area contributed by atoms with Crippen LogP contribution in [-0.4, -0.2) is 49.6 Å². The van der Waals surface area contributed by atoms with Crippen molar-refractivity contribution in [3.8, 4) is 11.8 Å². The van der Waals surface area contributed by atoms with E-state index in [1.807, 2.05) is 0 Å². The Morgan fingerprint density at radius 1 is 1.28 bits per heavy atom. The van der Waals surface area contributed by atoms with Gasteiger partial charge < -0.3 is 21.1 Å². The molecule has 0 saturated heterocycles. The van der Waals surface area contributed by atoms with Crippen molar-refractivity contribution in [2.45, 2.75) is 19.3 Å². The number of hydrogen-bond donors (Lipinski definition) is 3. The average molecular weight is 515 g/mol. The number of nitrogens with zero attached hydrogens (tertiary/aromatic N) is 4. The Morgan fingerprint density at radius 2 is 1.93 bits per heavy atom. The minimum absolute atomic E-state index is 0. The zero-order valence-electron chi connectivity index (χ0n) is 16.6. The smallest absolute Gasteiger partial charge is 0.190 e. The molecule has 158 valence electrons. The summed E-state index contributed by atoms with van der Waals surface area (Å²) in [7, 11) is 3.39. The van der Waals surface area contributed by atoms with Gasteiger partial charge in [-0.05, 0) is 43.5 Å². The van der Waals surface area contributed by atoms with Gasteiger partial charge in [-0.3, -0.25) is 4.99 Å². The Kier molecular flexibility index (Phi) is 11.0. The standard InChI is InChI=1S/C19H26FN7O.HI/c1-23-19(25-11-4-12-28-2)24-10-3-5-17-16(13-21)18(22)27(26-17)15-8-6-14(20)7-9-15;/h6-9H,3-5,10-12,22H2,1-2H3,(H2,23,24,25);1H. The summed E-state index contributed by atoms with van der Waals surface area (Å²) >= 11 is 0. The molecule has 0 aliphatic heterocycles. The van der Waals surface area contributed by atoms with Gasteiger partial charge in [0, 0.05) is 33.9 Å². The van der Waals surface area contributed by atoms with Gasteiger partial charge in [-0.25, -0.2) is 9.07 Å². The summed E-state index contributed by atoms with van der Waals surface area (Å²) in [5.74, 6) is 0.631. The maximum absolute atomic E-state index is 13.1. The molecule has 2 rings (SSSR count). The van der Waals surface area contributed by atoms with Gasteiger partial charge in [0.15, 0.2) is 5.96 Å². The molecule has 0 saturated carbocycles. The second-order valence-electron chi connectivity index (χ2n) is 6.08. The number of aryl methyl sites for hydroxylation is 1. The molecule has 2 aromatic rings. The number of nitrogens with two attached hydrogens (primary N) is 1. The van der Waals surface area contributed by atoms with E-state index in [-0.39, 0.29) is 35.6 Å². The number of rotatable bonds is 9. The molecule has 0 fully saturated rings. The van der Waals surface area contributed by atoms with Gasteiger partial charge >= 0.3 is 0 Å². The van der Waals surface area contributed by atoms with Crippen molar-refractivity contribution in [1.29, 1.82) is 5.26 Å². The van der Waals surface area contributed by atoms with Crippen molar-refractivity contribution < 1.29 is 9.13 Å². The molecular formula is C19H27FIN7O. The van der Waals surface area contributed by atoms with Crippen molar-refractivity contribution in [2.75, 3.05) is 39.6 Å². The Bertz CT molecular complexity index is 830. The van der Waals surface area contributed by atoms with Gasteiger partial charge in [0.25, 0.3) is 0 Å². The molecule has 29 heavy (non-hydrogen) atoms. The van der Waals surface area contributed by atoms with Crippen LogP contribution in [0.4, 0.5) is 10.2 Å². The van der Waals surface area contributed by atoms with E-state index >= 15 is 0 Å². The zero-order chi connectivity index (χ0) is 20.4. The summed E-state index contributed by atoms with van der Waals surface area (Å²) < 4.78 is 19.6. The number of guanidine groups is 1. The zero-order valence-corrected chi connectivity index (χ0v) is 18.9. The Hall–Kier alpha value is -2.39. The third-order valence-electron chi connectivity index (χ3n) is 4.10. The summed E-state index contributed by atoms with van der Waals surface area (Å²) in [6.07, 6.45) is 2.21. The highest BCUT2D eigenvalue weighted by Gasteiger charge is 2.16. The van der Waals surface area contributed by atoms with Crippen LogP contribution in [0, 0.1) is 17.1 Å². The molecule has 0 spiro atoms. The second-order valence-corrected chi connectivity index (χ2v) is 6.08. The number of halogens is 2. The van der Waals surface area contributed by atoms with E-state index in [1.165, 1.54) is 16.8 Å². The fraction of sp³-hybridized carbons (Fsp3) is 0.421. The molecule has 0 unspecified atom stereocenters. The van der Waals surface area contributed by atoms with Crippen molar-refractivity contribution in [3.63, 3.8) is 0 Å². The Morgan fingerprint density at radius 3 is 2.52 bits per heavy atom. The fourth-order valence-electron chi connectivity index (χ4n) is 2.66. The second kappa shape index (κ2) is 12.9. The van der Waals surface area contributed by atoms with E-state index in [0.29, 0.717) is 42.5 Å². The molecule has 0 aliphatic carbocycles. The van der Waals surface area contributed by atoms with E-state index in [4.69, 9.17) is 10.5 Å². The summed E-state index contributed by atoms with van der Waals surface area (Å²) in [6.45, 7) is 2.13. The average Bonchev–Trinajstić information content (AvgIpc) is 3.02. The predicted octanol–water partition coefficient (Wildman–Crippen LogP) is 2.22. The highest BCUT2D eigenvalue weighted by molar-refractivity contribution is 14.0. The summed E-state index contributed by atoms with van der Waals surface area (Å²) in [6, 6.07) is 7.92. The first kappa shape index (κ1) is 24.6. The monoisotopic (exact) mass is 515 g/mol. The van der Waals surface area contributed by atoms with Gasteiger partial charge in [-0.1, -0.05) is 0 Å². The van der Waals surface area contributed by atoms with Crippen LogP contribution in [0.1, 0.15) is 24.1 Å². The van der Waals surface area contributed by atoms with Crippen molar-refractivity contribution in [1.82, 2.24) is 20.4 Å². The molecule has 0 radical (unpaired) electrons. The minimum Gasteiger partial charge on any atom is -0.385 e. The van der Waals surface area contributed by atoms with Crippen molar-refractivity contribution in [3.05, 3.63) is 41.3 Å². The molecule has 1 aromatic heterocycles. The van der Waals surface area contributed by atoms with E-state index in [0.717, 1.165) is 19.4 Å². The van der Waals surface area contributed by atoms with Crippen LogP contribution in [0.25, 0.3) is 5.69 Å². The SMILES string of the molecule is CN=C(NCCCOC)NCCCc1nn(-c2ccc(F)cc2)c(N)c1C#N.I.